The number of nitrogens with one attached hydrogen (secondary N) is 1. The number of hydrogen-bond acceptors (Lipinski definition) is 2. The number of carboxylic acids is 1. The summed E-state index contributed by atoms with van der Waals surface area (Å²) in [7, 11) is 0. The lowest BCUT2D eigenvalue weighted by Gasteiger charge is -2.07. The molecular weight excluding hydrogens is 197 g/mol. The minimum Gasteiger partial charge on any atom is -0.481 e. The summed E-state index contributed by atoms with van der Waals surface area (Å²) in [6.07, 6.45) is 0. The van der Waals surface area contributed by atoms with Gasteiger partial charge in [-0.1, -0.05) is 19.1 Å². The van der Waals surface area contributed by atoms with Gasteiger partial charge in [0.15, 0.2) is 0 Å². The highest BCUT2D eigenvalue weighted by Gasteiger charge is 2.09. The van der Waals surface area contributed by atoms with Gasteiger partial charge in [0.2, 0.25) is 0 Å². The van der Waals surface area contributed by atoms with Gasteiger partial charge in [0.1, 0.15) is 5.82 Å². The van der Waals surface area contributed by atoms with Crippen molar-refractivity contribution < 1.29 is 14.3 Å². The van der Waals surface area contributed by atoms with E-state index in [4.69, 9.17) is 5.11 Å². The third-order valence-corrected chi connectivity index (χ3v) is 2.11. The van der Waals surface area contributed by atoms with Crippen LogP contribution in [0.5, 0.6) is 0 Å². The van der Waals surface area contributed by atoms with Crippen molar-refractivity contribution in [1.29, 1.82) is 0 Å². The van der Waals surface area contributed by atoms with E-state index in [-0.39, 0.29) is 5.82 Å². The first-order chi connectivity index (χ1) is 7.09. The zero-order valence-corrected chi connectivity index (χ0v) is 8.53. The molecule has 4 heteroatoms. The van der Waals surface area contributed by atoms with Crippen LogP contribution in [0.25, 0.3) is 0 Å². The Balaban J connectivity index is 2.32. The minimum absolute atomic E-state index is 0.266. The predicted molar refractivity (Wildman–Crippen MR) is 54.9 cm³/mol. The topological polar surface area (TPSA) is 49.3 Å². The first kappa shape index (κ1) is 11.7. The molecule has 0 spiro atoms. The van der Waals surface area contributed by atoms with Gasteiger partial charge in [-0.25, -0.2) is 4.39 Å². The standard InChI is InChI=1S/C11H14FNO2/c1-8(11(14)15)6-13-7-9-2-4-10(12)5-3-9/h2-5,8,13H,6-7H2,1H3,(H,14,15)/t8-/m0/s1. The normalized spacial score (nSPS) is 12.4. The molecule has 2 N–H and O–H groups in total. The molecule has 0 fully saturated rings. The van der Waals surface area contributed by atoms with E-state index in [2.05, 4.69) is 5.32 Å². The van der Waals surface area contributed by atoms with Gasteiger partial charge in [-0.05, 0) is 17.7 Å². The van der Waals surface area contributed by atoms with Crippen molar-refractivity contribution >= 4 is 5.97 Å². The van der Waals surface area contributed by atoms with Crippen LogP contribution in [-0.2, 0) is 11.3 Å². The Morgan fingerprint density at radius 1 is 1.47 bits per heavy atom. The van der Waals surface area contributed by atoms with Crippen LogP contribution >= 0.6 is 0 Å². The Labute approximate surface area is 87.9 Å². The van der Waals surface area contributed by atoms with E-state index in [1.165, 1.54) is 12.1 Å². The number of carbonyl (C=O) groups is 1. The lowest BCUT2D eigenvalue weighted by Crippen LogP contribution is -2.25. The monoisotopic (exact) mass is 211 g/mol. The number of benzene rings is 1. The fraction of sp³-hybridized carbons (Fsp3) is 0.364. The Bertz CT molecular complexity index is 324. The van der Waals surface area contributed by atoms with Crippen molar-refractivity contribution in [3.8, 4) is 0 Å². The summed E-state index contributed by atoms with van der Waals surface area (Å²) >= 11 is 0. The van der Waals surface area contributed by atoms with Crippen molar-refractivity contribution in [3.05, 3.63) is 35.6 Å². The van der Waals surface area contributed by atoms with E-state index >= 15 is 0 Å². The number of carboxylic acid groups (broad SMARTS) is 1. The van der Waals surface area contributed by atoms with E-state index in [1.807, 2.05) is 0 Å². The maximum Gasteiger partial charge on any atom is 0.307 e. The molecule has 0 heterocycles. The second-order valence-electron chi connectivity index (χ2n) is 3.50. The molecule has 1 aromatic carbocycles. The zero-order valence-electron chi connectivity index (χ0n) is 8.53. The molecule has 0 saturated carbocycles. The molecule has 1 aromatic rings. The van der Waals surface area contributed by atoms with Gasteiger partial charge in [0, 0.05) is 13.1 Å². The van der Waals surface area contributed by atoms with Crippen molar-refractivity contribution in [2.24, 2.45) is 5.92 Å². The van der Waals surface area contributed by atoms with E-state index in [0.29, 0.717) is 13.1 Å². The van der Waals surface area contributed by atoms with E-state index in [0.717, 1.165) is 5.56 Å². The predicted octanol–water partition coefficient (Wildman–Crippen LogP) is 1.64. The average Bonchev–Trinajstić information content (AvgIpc) is 2.20. The van der Waals surface area contributed by atoms with Gasteiger partial charge in [-0.3, -0.25) is 4.79 Å². The summed E-state index contributed by atoms with van der Waals surface area (Å²) in [6.45, 7) is 2.60. The summed E-state index contributed by atoms with van der Waals surface area (Å²) in [4.78, 5) is 10.5. The Hall–Kier alpha value is -1.42. The molecule has 0 aromatic heterocycles. The van der Waals surface area contributed by atoms with E-state index in [1.54, 1.807) is 19.1 Å². The van der Waals surface area contributed by atoms with Crippen LogP contribution in [0.1, 0.15) is 12.5 Å². The van der Waals surface area contributed by atoms with Crippen LogP contribution in [0.4, 0.5) is 4.39 Å². The first-order valence-corrected chi connectivity index (χ1v) is 4.77. The SMILES string of the molecule is C[C@@H](CNCc1ccc(F)cc1)C(=O)O. The smallest absolute Gasteiger partial charge is 0.307 e. The van der Waals surface area contributed by atoms with Crippen LogP contribution in [0.2, 0.25) is 0 Å². The van der Waals surface area contributed by atoms with Gasteiger partial charge in [0.05, 0.1) is 5.92 Å². The molecule has 0 bridgehead atoms. The van der Waals surface area contributed by atoms with Crippen molar-refractivity contribution in [2.75, 3.05) is 6.54 Å². The van der Waals surface area contributed by atoms with Crippen LogP contribution in [0.15, 0.2) is 24.3 Å². The molecule has 0 radical (unpaired) electrons. The number of aliphatic carboxylic acids is 1. The Morgan fingerprint density at radius 2 is 2.07 bits per heavy atom. The molecule has 15 heavy (non-hydrogen) atoms. The van der Waals surface area contributed by atoms with Gasteiger partial charge in [-0.15, -0.1) is 0 Å². The third-order valence-electron chi connectivity index (χ3n) is 2.11. The third kappa shape index (κ3) is 4.08. The maximum atomic E-state index is 12.5. The highest BCUT2D eigenvalue weighted by atomic mass is 19.1. The molecule has 1 atom stereocenters. The van der Waals surface area contributed by atoms with Crippen molar-refractivity contribution in [1.82, 2.24) is 5.32 Å². The molecule has 0 unspecified atom stereocenters. The quantitative estimate of drug-likeness (QED) is 0.778. The van der Waals surface area contributed by atoms with Gasteiger partial charge >= 0.3 is 5.97 Å². The van der Waals surface area contributed by atoms with Crippen LogP contribution < -0.4 is 5.32 Å². The molecule has 0 amide bonds. The second kappa shape index (κ2) is 5.46. The summed E-state index contributed by atoms with van der Waals surface area (Å²) in [6, 6.07) is 6.12. The highest BCUT2D eigenvalue weighted by Crippen LogP contribution is 2.02. The fourth-order valence-corrected chi connectivity index (χ4v) is 1.12. The minimum atomic E-state index is -0.818. The van der Waals surface area contributed by atoms with E-state index < -0.39 is 11.9 Å². The van der Waals surface area contributed by atoms with Gasteiger partial charge in [0.25, 0.3) is 0 Å². The summed E-state index contributed by atoms with van der Waals surface area (Å²) < 4.78 is 12.5. The molecule has 1 rings (SSSR count). The average molecular weight is 211 g/mol. The maximum absolute atomic E-state index is 12.5. The first-order valence-electron chi connectivity index (χ1n) is 4.77. The van der Waals surface area contributed by atoms with Gasteiger partial charge in [-0.2, -0.15) is 0 Å². The van der Waals surface area contributed by atoms with Crippen LogP contribution in [-0.4, -0.2) is 17.6 Å². The lowest BCUT2D eigenvalue weighted by atomic mass is 10.1. The zero-order chi connectivity index (χ0) is 11.3. The molecule has 0 aliphatic carbocycles. The van der Waals surface area contributed by atoms with Crippen LogP contribution in [0.3, 0.4) is 0 Å². The number of rotatable bonds is 5. The summed E-state index contributed by atoms with van der Waals surface area (Å²) in [5.74, 6) is -1.50. The fourth-order valence-electron chi connectivity index (χ4n) is 1.12. The molecule has 3 nitrogen and oxygen atoms in total. The summed E-state index contributed by atoms with van der Waals surface area (Å²) in [5.41, 5.74) is 0.939. The van der Waals surface area contributed by atoms with Gasteiger partial charge < -0.3 is 10.4 Å². The molecule has 82 valence electrons. The summed E-state index contributed by atoms with van der Waals surface area (Å²) in [5, 5.41) is 11.6. The van der Waals surface area contributed by atoms with E-state index in [9.17, 15) is 9.18 Å². The molecule has 0 saturated heterocycles. The van der Waals surface area contributed by atoms with Crippen molar-refractivity contribution in [3.63, 3.8) is 0 Å². The Kier molecular flexibility index (Phi) is 4.24. The van der Waals surface area contributed by atoms with Crippen molar-refractivity contribution in [2.45, 2.75) is 13.5 Å². The highest BCUT2D eigenvalue weighted by molar-refractivity contribution is 5.69. The molecule has 0 aliphatic heterocycles. The lowest BCUT2D eigenvalue weighted by molar-refractivity contribution is -0.140. The number of hydrogen-bond donors (Lipinski definition) is 2. The largest absolute Gasteiger partial charge is 0.481 e. The van der Waals surface area contributed by atoms with Crippen LogP contribution in [0, 0.1) is 11.7 Å². The molecule has 0 aliphatic rings. The Morgan fingerprint density at radius 3 is 2.60 bits per heavy atom. The number of halogens is 1. The second-order valence-corrected chi connectivity index (χ2v) is 3.50. The molecular formula is C11H14FNO2.